The van der Waals surface area contributed by atoms with E-state index in [-0.39, 0.29) is 43.8 Å². The zero-order chi connectivity index (χ0) is 47.9. The largest absolute Gasteiger partial charge is 0.371 e. The van der Waals surface area contributed by atoms with Crippen molar-refractivity contribution in [2.45, 2.75) is 88.9 Å². The van der Waals surface area contributed by atoms with Crippen molar-refractivity contribution in [2.75, 3.05) is 53.2 Å². The average molecular weight is 996 g/mol. The molecule has 2 aliphatic heterocycles. The minimum atomic E-state index is -4.38. The highest BCUT2D eigenvalue weighted by Gasteiger charge is 2.45. The predicted molar refractivity (Wildman–Crippen MR) is 256 cm³/mol. The molecule has 0 aromatic heterocycles. The molecule has 0 fully saturated rings. The lowest BCUT2D eigenvalue weighted by molar-refractivity contribution is -0.437. The van der Waals surface area contributed by atoms with Crippen LogP contribution in [0, 0.1) is 0 Å². The summed E-state index contributed by atoms with van der Waals surface area (Å²) in [6, 6.07) is 14.1. The Bertz CT molecular complexity index is 2970. The number of allylic oxidation sites excluding steroid dienone is 8. The third kappa shape index (κ3) is 11.6. The number of anilines is 2. The van der Waals surface area contributed by atoms with Gasteiger partial charge in [0.2, 0.25) is 5.69 Å². The van der Waals surface area contributed by atoms with E-state index in [4.69, 9.17) is 11.6 Å². The fourth-order valence-electron chi connectivity index (χ4n) is 9.39. The van der Waals surface area contributed by atoms with Gasteiger partial charge in [0.15, 0.2) is 5.71 Å². The number of nitrogens with zero attached hydrogens (tertiary/aromatic N) is 3. The summed E-state index contributed by atoms with van der Waals surface area (Å²) in [7, 11) is -17.1. The molecular weight excluding hydrogens is 938 g/mol. The van der Waals surface area contributed by atoms with Gasteiger partial charge in [-0.25, -0.2) is 0 Å². The SMILES string of the molecule is CCN1/C(=C/C=C2\CCCC(/C=C/C3=[N+](CCCS(=O)(=O)O)c4ccc(N(CCCS(=O)(=O)O)CCCS(=O)(=O)O)cc4C3(C)C)=C2Cl)C(C)(C)c2c1ccc1cc(S(=O)(=O)O)ccc21. The van der Waals surface area contributed by atoms with Gasteiger partial charge in [-0.1, -0.05) is 49.7 Å². The first-order valence-electron chi connectivity index (χ1n) is 21.3. The molecule has 0 saturated heterocycles. The summed E-state index contributed by atoms with van der Waals surface area (Å²) in [4.78, 5) is 3.87. The number of benzene rings is 3. The zero-order valence-electron chi connectivity index (χ0n) is 37.0. The van der Waals surface area contributed by atoms with Gasteiger partial charge in [0.25, 0.3) is 40.5 Å². The molecule has 15 nitrogen and oxygen atoms in total. The molecule has 0 atom stereocenters. The van der Waals surface area contributed by atoms with Crippen molar-refractivity contribution in [3.8, 4) is 0 Å². The van der Waals surface area contributed by atoms with Gasteiger partial charge in [0.1, 0.15) is 6.54 Å². The van der Waals surface area contributed by atoms with E-state index < -0.39 is 68.6 Å². The smallest absolute Gasteiger partial charge is 0.294 e. The number of fused-ring (bicyclic) bond motifs is 4. The third-order valence-electron chi connectivity index (χ3n) is 12.5. The first-order chi connectivity index (χ1) is 30.1. The van der Waals surface area contributed by atoms with Crippen LogP contribution in [0.4, 0.5) is 17.1 Å². The van der Waals surface area contributed by atoms with E-state index in [9.17, 15) is 51.9 Å². The highest BCUT2D eigenvalue weighted by Crippen LogP contribution is 2.51. The van der Waals surface area contributed by atoms with Crippen LogP contribution >= 0.6 is 11.6 Å². The highest BCUT2D eigenvalue weighted by molar-refractivity contribution is 7.86. The molecule has 0 saturated carbocycles. The van der Waals surface area contributed by atoms with Gasteiger partial charge >= 0.3 is 0 Å². The second-order valence-electron chi connectivity index (χ2n) is 17.7. The van der Waals surface area contributed by atoms with Gasteiger partial charge in [-0.05, 0) is 117 Å². The van der Waals surface area contributed by atoms with Crippen molar-refractivity contribution in [3.63, 3.8) is 0 Å². The van der Waals surface area contributed by atoms with Gasteiger partial charge in [0, 0.05) is 71.3 Å². The van der Waals surface area contributed by atoms with Gasteiger partial charge in [-0.2, -0.15) is 38.2 Å². The Labute approximate surface area is 387 Å². The van der Waals surface area contributed by atoms with Crippen molar-refractivity contribution >= 4 is 85.6 Å². The molecule has 3 aromatic rings. The predicted octanol–water partition coefficient (Wildman–Crippen LogP) is 7.96. The number of rotatable bonds is 18. The lowest BCUT2D eigenvalue weighted by Crippen LogP contribution is -2.30. The molecule has 0 unspecified atom stereocenters. The fraction of sp³-hybridized carbons (Fsp3) is 0.444. The summed E-state index contributed by atoms with van der Waals surface area (Å²) in [5.41, 5.74) is 6.93. The molecule has 1 aliphatic carbocycles. The molecule has 0 bridgehead atoms. The first kappa shape index (κ1) is 50.5. The molecule has 65 heavy (non-hydrogen) atoms. The first-order valence-corrected chi connectivity index (χ1v) is 28.0. The zero-order valence-corrected chi connectivity index (χ0v) is 41.0. The normalized spacial score (nSPS) is 19.0. The van der Waals surface area contributed by atoms with Crippen LogP contribution in [0.5, 0.6) is 0 Å². The number of likely N-dealkylation sites (N-methyl/N-ethyl adjacent to an activating group) is 1. The second kappa shape index (κ2) is 19.0. The highest BCUT2D eigenvalue weighted by atomic mass is 35.5. The van der Waals surface area contributed by atoms with Crippen LogP contribution < -0.4 is 9.80 Å². The maximum absolute atomic E-state index is 11.9. The molecule has 3 aromatic carbocycles. The molecule has 3 aliphatic rings. The van der Waals surface area contributed by atoms with Crippen LogP contribution in [0.25, 0.3) is 10.8 Å². The monoisotopic (exact) mass is 994 g/mol. The van der Waals surface area contributed by atoms with Gasteiger partial charge in [0.05, 0.1) is 27.6 Å². The molecule has 6 rings (SSSR count). The quantitative estimate of drug-likeness (QED) is 0.0701. The minimum Gasteiger partial charge on any atom is -0.371 e. The standard InChI is InChI=1S/C45H56ClN3O12S4/c1-6-48-39-19-13-33-29-35(65(59,60)61)17-18-36(33)42(39)45(4,5)41(48)22-15-32-12-7-11-31(43(32)46)14-21-40-44(2,3)37-30-34(16-20-38(37)49(40)25-10-28-64(56,57)58)47(23-8-26-62(50,51)52)24-9-27-63(53,54)55/h13-22,29-30H,6-12,23-28H2,1-5H3,(H3-,50,51,52,53,54,55,56,57,58,59,60,61)/p+1. The Morgan fingerprint density at radius 2 is 1.38 bits per heavy atom. The van der Waals surface area contributed by atoms with Crippen molar-refractivity contribution < 1.29 is 56.5 Å². The van der Waals surface area contributed by atoms with Gasteiger partial charge in [-0.15, -0.1) is 0 Å². The van der Waals surface area contributed by atoms with E-state index >= 15 is 0 Å². The second-order valence-corrected chi connectivity index (χ2v) is 24.2. The molecule has 354 valence electrons. The van der Waals surface area contributed by atoms with Crippen molar-refractivity contribution in [1.82, 2.24) is 0 Å². The molecule has 0 radical (unpaired) electrons. The summed E-state index contributed by atoms with van der Waals surface area (Å²) in [6.07, 6.45) is 10.6. The van der Waals surface area contributed by atoms with E-state index in [0.717, 1.165) is 63.3 Å². The summed E-state index contributed by atoms with van der Waals surface area (Å²) in [5.74, 6) is -1.45. The summed E-state index contributed by atoms with van der Waals surface area (Å²) >= 11 is 7.22. The number of halogens is 1. The molecule has 2 heterocycles. The number of hydrogen-bond acceptors (Lipinski definition) is 10. The van der Waals surface area contributed by atoms with Crippen molar-refractivity contribution in [3.05, 3.63) is 106 Å². The molecule has 20 heteroatoms. The average Bonchev–Trinajstić information content (AvgIpc) is 3.55. The Kier molecular flexibility index (Phi) is 14.8. The summed E-state index contributed by atoms with van der Waals surface area (Å²) < 4.78 is 133. The van der Waals surface area contributed by atoms with Crippen molar-refractivity contribution in [2.24, 2.45) is 0 Å². The Morgan fingerprint density at radius 3 is 1.98 bits per heavy atom. The van der Waals surface area contributed by atoms with Crippen LogP contribution in [-0.2, 0) is 51.3 Å². The summed E-state index contributed by atoms with van der Waals surface area (Å²) in [6.45, 7) is 11.6. The van der Waals surface area contributed by atoms with Crippen LogP contribution in [0.1, 0.15) is 84.3 Å². The molecule has 4 N–H and O–H groups in total. The topological polar surface area (TPSA) is 227 Å². The van der Waals surface area contributed by atoms with Crippen molar-refractivity contribution in [1.29, 1.82) is 0 Å². The number of hydrogen-bond donors (Lipinski definition) is 4. The third-order valence-corrected chi connectivity index (χ3v) is 16.2. The summed E-state index contributed by atoms with van der Waals surface area (Å²) in [5, 5.41) is 2.20. The Morgan fingerprint density at radius 1 is 0.754 bits per heavy atom. The van der Waals surface area contributed by atoms with E-state index in [0.29, 0.717) is 29.1 Å². The minimum absolute atomic E-state index is 0.0542. The van der Waals surface area contributed by atoms with E-state index in [2.05, 4.69) is 37.8 Å². The van der Waals surface area contributed by atoms with Crippen LogP contribution in [-0.4, -0.2) is 106 Å². The maximum Gasteiger partial charge on any atom is 0.294 e. The maximum atomic E-state index is 11.9. The molecular formula is C45H57ClN3O12S4+. The molecule has 0 amide bonds. The van der Waals surface area contributed by atoms with Crippen LogP contribution in [0.2, 0.25) is 0 Å². The van der Waals surface area contributed by atoms with Gasteiger partial charge < -0.3 is 9.80 Å². The lowest BCUT2D eigenvalue weighted by Gasteiger charge is -2.26. The Balaban J connectivity index is 1.34. The lowest BCUT2D eigenvalue weighted by atomic mass is 9.80. The van der Waals surface area contributed by atoms with E-state index in [1.165, 1.54) is 12.1 Å². The van der Waals surface area contributed by atoms with Crippen LogP contribution in [0.15, 0.2) is 99.6 Å². The van der Waals surface area contributed by atoms with E-state index in [1.54, 1.807) is 17.0 Å². The van der Waals surface area contributed by atoms with Gasteiger partial charge in [-0.3, -0.25) is 18.2 Å². The molecule has 0 spiro atoms. The fourth-order valence-corrected chi connectivity index (χ4v) is 11.7. The van der Waals surface area contributed by atoms with E-state index in [1.807, 2.05) is 54.8 Å². The Hall–Kier alpha value is -3.92. The van der Waals surface area contributed by atoms with Crippen LogP contribution in [0.3, 0.4) is 0 Å².